The first-order chi connectivity index (χ1) is 7.87. The highest BCUT2D eigenvalue weighted by atomic mass is 16.1. The molecular formula is C14H22N2O. The summed E-state index contributed by atoms with van der Waals surface area (Å²) in [4.78, 5) is 12.1. The van der Waals surface area contributed by atoms with Crippen LogP contribution in [0.1, 0.15) is 35.3 Å². The van der Waals surface area contributed by atoms with Crippen LogP contribution in [0.25, 0.3) is 0 Å². The van der Waals surface area contributed by atoms with Crippen molar-refractivity contribution < 1.29 is 4.79 Å². The Morgan fingerprint density at radius 1 is 1.29 bits per heavy atom. The molecule has 0 heterocycles. The van der Waals surface area contributed by atoms with Gasteiger partial charge in [0, 0.05) is 12.1 Å². The third-order valence-electron chi connectivity index (χ3n) is 2.99. The highest BCUT2D eigenvalue weighted by molar-refractivity contribution is 5.97. The van der Waals surface area contributed by atoms with E-state index in [2.05, 4.69) is 5.32 Å². The van der Waals surface area contributed by atoms with Crippen molar-refractivity contribution in [2.75, 3.05) is 13.1 Å². The molecule has 1 aromatic carbocycles. The van der Waals surface area contributed by atoms with Gasteiger partial charge in [-0.3, -0.25) is 4.79 Å². The predicted octanol–water partition coefficient (Wildman–Crippen LogP) is 2.02. The number of carbonyl (C=O) groups excluding carboxylic acids is 1. The Balaban J connectivity index is 2.78. The maximum absolute atomic E-state index is 12.1. The van der Waals surface area contributed by atoms with Gasteiger partial charge in [-0.2, -0.15) is 0 Å². The number of nitrogens with two attached hydrogens (primary N) is 1. The average Bonchev–Trinajstić information content (AvgIpc) is 2.26. The molecular weight excluding hydrogens is 212 g/mol. The van der Waals surface area contributed by atoms with Crippen molar-refractivity contribution in [3.63, 3.8) is 0 Å². The fourth-order valence-corrected chi connectivity index (χ4v) is 1.65. The van der Waals surface area contributed by atoms with Crippen LogP contribution in [0.3, 0.4) is 0 Å². The lowest BCUT2D eigenvalue weighted by atomic mass is 9.93. The van der Waals surface area contributed by atoms with Crippen molar-refractivity contribution in [2.45, 2.75) is 27.7 Å². The first-order valence-corrected chi connectivity index (χ1v) is 5.92. The maximum atomic E-state index is 12.1. The summed E-state index contributed by atoms with van der Waals surface area (Å²) in [5, 5.41) is 2.95. The van der Waals surface area contributed by atoms with Gasteiger partial charge in [0.05, 0.1) is 0 Å². The second-order valence-electron chi connectivity index (χ2n) is 5.32. The van der Waals surface area contributed by atoms with E-state index in [1.54, 1.807) is 0 Å². The van der Waals surface area contributed by atoms with E-state index in [0.29, 0.717) is 13.1 Å². The zero-order valence-electron chi connectivity index (χ0n) is 11.1. The van der Waals surface area contributed by atoms with Gasteiger partial charge >= 0.3 is 0 Å². The minimum absolute atomic E-state index is 0.0119. The third kappa shape index (κ3) is 3.56. The van der Waals surface area contributed by atoms with E-state index in [-0.39, 0.29) is 11.3 Å². The molecule has 0 saturated heterocycles. The molecule has 3 N–H and O–H groups in total. The number of nitrogens with one attached hydrogen (secondary N) is 1. The van der Waals surface area contributed by atoms with Gasteiger partial charge in [-0.05, 0) is 36.9 Å². The number of benzene rings is 1. The molecule has 0 spiro atoms. The smallest absolute Gasteiger partial charge is 0.251 e. The molecule has 3 heteroatoms. The van der Waals surface area contributed by atoms with Gasteiger partial charge in [0.25, 0.3) is 5.91 Å². The Morgan fingerprint density at radius 3 is 2.29 bits per heavy atom. The topological polar surface area (TPSA) is 55.1 Å². The van der Waals surface area contributed by atoms with Gasteiger partial charge in [0.15, 0.2) is 0 Å². The first kappa shape index (κ1) is 13.7. The number of hydrogen-bond donors (Lipinski definition) is 2. The Labute approximate surface area is 103 Å². The predicted molar refractivity (Wildman–Crippen MR) is 71.1 cm³/mol. The van der Waals surface area contributed by atoms with Crippen LogP contribution < -0.4 is 11.1 Å². The fourth-order valence-electron chi connectivity index (χ4n) is 1.65. The zero-order valence-corrected chi connectivity index (χ0v) is 11.1. The summed E-state index contributed by atoms with van der Waals surface area (Å²) in [6.45, 7) is 9.14. The van der Waals surface area contributed by atoms with Crippen LogP contribution in [0.2, 0.25) is 0 Å². The van der Waals surface area contributed by atoms with Gasteiger partial charge in [0.2, 0.25) is 0 Å². The van der Waals surface area contributed by atoms with Crippen LogP contribution in [0, 0.1) is 19.3 Å². The second kappa shape index (κ2) is 5.32. The molecule has 1 amide bonds. The molecule has 0 fully saturated rings. The molecule has 94 valence electrons. The van der Waals surface area contributed by atoms with E-state index < -0.39 is 0 Å². The molecule has 1 aromatic rings. The van der Waals surface area contributed by atoms with Crippen LogP contribution in [-0.2, 0) is 0 Å². The van der Waals surface area contributed by atoms with E-state index in [1.165, 1.54) is 0 Å². The van der Waals surface area contributed by atoms with Crippen molar-refractivity contribution in [1.82, 2.24) is 5.32 Å². The fraction of sp³-hybridized carbons (Fsp3) is 0.500. The van der Waals surface area contributed by atoms with Crippen molar-refractivity contribution in [3.05, 3.63) is 34.9 Å². The van der Waals surface area contributed by atoms with Crippen molar-refractivity contribution >= 4 is 5.91 Å². The van der Waals surface area contributed by atoms with Crippen molar-refractivity contribution in [3.8, 4) is 0 Å². The van der Waals surface area contributed by atoms with Crippen LogP contribution in [-0.4, -0.2) is 19.0 Å². The van der Waals surface area contributed by atoms with E-state index in [9.17, 15) is 4.79 Å². The Bertz CT molecular complexity index is 390. The Morgan fingerprint density at radius 2 is 1.82 bits per heavy atom. The normalized spacial score (nSPS) is 11.4. The molecule has 0 aliphatic rings. The lowest BCUT2D eigenvalue weighted by Gasteiger charge is -2.23. The largest absolute Gasteiger partial charge is 0.351 e. The third-order valence-corrected chi connectivity index (χ3v) is 2.99. The van der Waals surface area contributed by atoms with Crippen LogP contribution in [0.15, 0.2) is 18.2 Å². The van der Waals surface area contributed by atoms with Crippen LogP contribution >= 0.6 is 0 Å². The summed E-state index contributed by atoms with van der Waals surface area (Å²) in [6.07, 6.45) is 0. The Hall–Kier alpha value is -1.35. The molecule has 1 rings (SSSR count). The van der Waals surface area contributed by atoms with Gasteiger partial charge in [-0.15, -0.1) is 0 Å². The van der Waals surface area contributed by atoms with Gasteiger partial charge in [-0.25, -0.2) is 0 Å². The molecule has 0 saturated carbocycles. The number of rotatable bonds is 4. The minimum Gasteiger partial charge on any atom is -0.351 e. The van der Waals surface area contributed by atoms with Crippen molar-refractivity contribution in [1.29, 1.82) is 0 Å². The summed E-state index contributed by atoms with van der Waals surface area (Å²) in [6, 6.07) is 5.87. The summed E-state index contributed by atoms with van der Waals surface area (Å²) >= 11 is 0. The molecule has 3 nitrogen and oxygen atoms in total. The molecule has 0 bridgehead atoms. The van der Waals surface area contributed by atoms with Gasteiger partial charge < -0.3 is 11.1 Å². The number of aryl methyl sites for hydroxylation is 2. The standard InChI is InChI=1S/C14H22N2O/c1-10-6-5-7-11(2)12(10)13(17)16-9-14(3,4)8-15/h5-7H,8-9,15H2,1-4H3,(H,16,17). The number of amides is 1. The highest BCUT2D eigenvalue weighted by Crippen LogP contribution is 2.15. The summed E-state index contributed by atoms with van der Waals surface area (Å²) in [7, 11) is 0. The lowest BCUT2D eigenvalue weighted by molar-refractivity contribution is 0.0936. The maximum Gasteiger partial charge on any atom is 0.251 e. The van der Waals surface area contributed by atoms with E-state index in [0.717, 1.165) is 16.7 Å². The quantitative estimate of drug-likeness (QED) is 0.837. The zero-order chi connectivity index (χ0) is 13.1. The van der Waals surface area contributed by atoms with E-state index >= 15 is 0 Å². The highest BCUT2D eigenvalue weighted by Gasteiger charge is 2.18. The Kier molecular flexibility index (Phi) is 4.29. The summed E-state index contributed by atoms with van der Waals surface area (Å²) < 4.78 is 0. The van der Waals surface area contributed by atoms with E-state index in [1.807, 2.05) is 45.9 Å². The average molecular weight is 234 g/mol. The number of hydrogen-bond acceptors (Lipinski definition) is 2. The second-order valence-corrected chi connectivity index (χ2v) is 5.32. The summed E-state index contributed by atoms with van der Waals surface area (Å²) in [5.41, 5.74) is 8.37. The molecule has 0 radical (unpaired) electrons. The first-order valence-electron chi connectivity index (χ1n) is 5.92. The molecule has 0 aliphatic carbocycles. The molecule has 0 atom stereocenters. The molecule has 0 aromatic heterocycles. The van der Waals surface area contributed by atoms with Gasteiger partial charge in [0.1, 0.15) is 0 Å². The minimum atomic E-state index is -0.0632. The molecule has 17 heavy (non-hydrogen) atoms. The summed E-state index contributed by atoms with van der Waals surface area (Å²) in [5.74, 6) is -0.0119. The SMILES string of the molecule is Cc1cccc(C)c1C(=O)NCC(C)(C)CN. The van der Waals surface area contributed by atoms with Crippen LogP contribution in [0.4, 0.5) is 0 Å². The van der Waals surface area contributed by atoms with Crippen LogP contribution in [0.5, 0.6) is 0 Å². The van der Waals surface area contributed by atoms with E-state index in [4.69, 9.17) is 5.73 Å². The van der Waals surface area contributed by atoms with Crippen molar-refractivity contribution in [2.24, 2.45) is 11.1 Å². The lowest BCUT2D eigenvalue weighted by Crippen LogP contribution is -2.38. The van der Waals surface area contributed by atoms with Gasteiger partial charge in [-0.1, -0.05) is 32.0 Å². The molecule has 0 unspecified atom stereocenters. The number of carbonyl (C=O) groups is 1. The monoisotopic (exact) mass is 234 g/mol. The molecule has 0 aliphatic heterocycles.